The highest BCUT2D eigenvalue weighted by atomic mass is 16.2. The highest BCUT2D eigenvalue weighted by Gasteiger charge is 2.47. The molecule has 8 heteroatoms. The van der Waals surface area contributed by atoms with Crippen LogP contribution in [0.3, 0.4) is 0 Å². The van der Waals surface area contributed by atoms with E-state index in [1.54, 1.807) is 18.3 Å². The van der Waals surface area contributed by atoms with Crippen LogP contribution in [0.5, 0.6) is 0 Å². The zero-order chi connectivity index (χ0) is 25.4. The van der Waals surface area contributed by atoms with Gasteiger partial charge in [0.05, 0.1) is 28.1 Å². The van der Waals surface area contributed by atoms with E-state index in [0.717, 1.165) is 22.0 Å². The molecule has 1 saturated carbocycles. The van der Waals surface area contributed by atoms with Crippen LogP contribution in [-0.2, 0) is 5.54 Å². The van der Waals surface area contributed by atoms with E-state index in [9.17, 15) is 10.1 Å². The van der Waals surface area contributed by atoms with Gasteiger partial charge in [-0.1, -0.05) is 48.5 Å². The second kappa shape index (κ2) is 8.81. The Hall–Kier alpha value is -5.16. The molecule has 178 valence electrons. The molecule has 0 bridgehead atoms. The maximum Gasteiger partial charge on any atom is 0.274 e. The van der Waals surface area contributed by atoms with Crippen molar-refractivity contribution >= 4 is 22.6 Å². The van der Waals surface area contributed by atoms with Gasteiger partial charge in [-0.25, -0.2) is 15.0 Å². The van der Waals surface area contributed by atoms with Gasteiger partial charge in [-0.3, -0.25) is 9.78 Å². The Kier molecular flexibility index (Phi) is 5.31. The fraction of sp³-hybridized carbons (Fsp3) is 0.103. The fourth-order valence-corrected chi connectivity index (χ4v) is 4.45. The predicted octanol–water partition coefficient (Wildman–Crippen LogP) is 4.63. The van der Waals surface area contributed by atoms with Crippen LogP contribution in [0.2, 0.25) is 0 Å². The third-order valence-electron chi connectivity index (χ3n) is 6.52. The Bertz CT molecular complexity index is 1710. The monoisotopic (exact) mass is 483 g/mol. The number of fused-ring (bicyclic) bond motifs is 1. The average Bonchev–Trinajstić information content (AvgIpc) is 3.73. The van der Waals surface area contributed by atoms with Crippen LogP contribution in [0.25, 0.3) is 33.4 Å². The fourth-order valence-electron chi connectivity index (χ4n) is 4.45. The molecule has 0 radical (unpaired) electrons. The van der Waals surface area contributed by atoms with Crippen LogP contribution >= 0.6 is 0 Å². The van der Waals surface area contributed by atoms with Gasteiger partial charge in [-0.05, 0) is 43.2 Å². The minimum absolute atomic E-state index is 0.0390. The van der Waals surface area contributed by atoms with Crippen molar-refractivity contribution in [1.82, 2.24) is 25.3 Å². The lowest BCUT2D eigenvalue weighted by Gasteiger charge is -2.18. The minimum atomic E-state index is -0.648. The summed E-state index contributed by atoms with van der Waals surface area (Å²) in [5.74, 6) is -0.396. The second-order valence-corrected chi connectivity index (χ2v) is 8.99. The Morgan fingerprint density at radius 3 is 2.49 bits per heavy atom. The largest absolute Gasteiger partial charge is 0.382 e. The Morgan fingerprint density at radius 1 is 0.892 bits per heavy atom. The molecule has 0 saturated heterocycles. The number of benzene rings is 2. The van der Waals surface area contributed by atoms with Crippen LogP contribution in [0, 0.1) is 11.3 Å². The summed E-state index contributed by atoms with van der Waals surface area (Å²) in [6.45, 7) is 0. The minimum Gasteiger partial charge on any atom is -0.382 e. The van der Waals surface area contributed by atoms with Gasteiger partial charge < -0.3 is 11.1 Å². The van der Waals surface area contributed by atoms with Crippen molar-refractivity contribution in [2.75, 3.05) is 5.73 Å². The first-order valence-corrected chi connectivity index (χ1v) is 11.8. The zero-order valence-electron chi connectivity index (χ0n) is 19.7. The van der Waals surface area contributed by atoms with Gasteiger partial charge in [0.25, 0.3) is 5.91 Å². The van der Waals surface area contributed by atoms with Gasteiger partial charge in [-0.2, -0.15) is 5.26 Å². The van der Waals surface area contributed by atoms with Crippen molar-refractivity contribution in [2.45, 2.75) is 18.4 Å². The zero-order valence-corrected chi connectivity index (χ0v) is 19.7. The quantitative estimate of drug-likeness (QED) is 0.373. The van der Waals surface area contributed by atoms with E-state index in [4.69, 9.17) is 10.7 Å². The van der Waals surface area contributed by atoms with Crippen molar-refractivity contribution in [3.05, 3.63) is 102 Å². The summed E-state index contributed by atoms with van der Waals surface area (Å²) >= 11 is 0. The van der Waals surface area contributed by atoms with Crippen LogP contribution in [-0.4, -0.2) is 25.8 Å². The summed E-state index contributed by atoms with van der Waals surface area (Å²) in [5, 5.41) is 13.2. The molecule has 1 aliphatic carbocycles. The lowest BCUT2D eigenvalue weighted by atomic mass is 10.0. The molecular formula is C29H21N7O. The molecule has 37 heavy (non-hydrogen) atoms. The number of anilines is 1. The predicted molar refractivity (Wildman–Crippen MR) is 140 cm³/mol. The van der Waals surface area contributed by atoms with Gasteiger partial charge in [0.15, 0.2) is 11.5 Å². The van der Waals surface area contributed by atoms with Gasteiger partial charge >= 0.3 is 0 Å². The van der Waals surface area contributed by atoms with E-state index >= 15 is 0 Å². The summed E-state index contributed by atoms with van der Waals surface area (Å²) in [6, 6.07) is 26.6. The standard InChI is InChI=1S/C29H21N7O/c30-17-21-9-4-10-23(33-21)29(13-14-29)36-28(37)26-27(31)35-24(18-6-2-1-3-7-18)25(34-26)20-11-12-22-19(16-20)8-5-15-32-22/h1-12,15-16H,13-14H2,(H2,31,35)(H,36,37). The summed E-state index contributed by atoms with van der Waals surface area (Å²) in [5.41, 5.74) is 10.3. The highest BCUT2D eigenvalue weighted by Crippen LogP contribution is 2.45. The highest BCUT2D eigenvalue weighted by molar-refractivity contribution is 5.99. The third-order valence-corrected chi connectivity index (χ3v) is 6.52. The van der Waals surface area contributed by atoms with Crippen LogP contribution < -0.4 is 11.1 Å². The van der Waals surface area contributed by atoms with E-state index < -0.39 is 11.4 Å². The lowest BCUT2D eigenvalue weighted by Crippen LogP contribution is -2.36. The molecule has 0 atom stereocenters. The number of nitrogens with one attached hydrogen (secondary N) is 1. The molecule has 1 fully saturated rings. The Balaban J connectivity index is 1.44. The summed E-state index contributed by atoms with van der Waals surface area (Å²) in [7, 11) is 0. The van der Waals surface area contributed by atoms with Gasteiger partial charge in [0, 0.05) is 22.7 Å². The Labute approximate surface area is 212 Å². The summed E-state index contributed by atoms with van der Waals surface area (Å²) < 4.78 is 0. The molecular weight excluding hydrogens is 462 g/mol. The first kappa shape index (κ1) is 22.3. The van der Waals surface area contributed by atoms with Crippen molar-refractivity contribution in [3.8, 4) is 28.6 Å². The van der Waals surface area contributed by atoms with Crippen molar-refractivity contribution in [1.29, 1.82) is 5.26 Å². The van der Waals surface area contributed by atoms with E-state index in [2.05, 4.69) is 26.3 Å². The molecule has 1 amide bonds. The van der Waals surface area contributed by atoms with Gasteiger partial charge in [0.2, 0.25) is 0 Å². The smallest absolute Gasteiger partial charge is 0.274 e. The number of carbonyl (C=O) groups excluding carboxylic acids is 1. The third kappa shape index (κ3) is 4.13. The molecule has 3 aromatic heterocycles. The number of nitrogen functional groups attached to an aromatic ring is 1. The lowest BCUT2D eigenvalue weighted by molar-refractivity contribution is 0.0925. The molecule has 1 aliphatic rings. The van der Waals surface area contributed by atoms with Crippen molar-refractivity contribution < 1.29 is 4.79 Å². The number of aromatic nitrogens is 4. The summed E-state index contributed by atoms with van der Waals surface area (Å²) in [4.78, 5) is 31.7. The Morgan fingerprint density at radius 2 is 1.70 bits per heavy atom. The average molecular weight is 484 g/mol. The van der Waals surface area contributed by atoms with Gasteiger partial charge in [-0.15, -0.1) is 0 Å². The molecule has 3 N–H and O–H groups in total. The number of nitriles is 1. The first-order valence-electron chi connectivity index (χ1n) is 11.8. The molecule has 0 spiro atoms. The molecule has 8 nitrogen and oxygen atoms in total. The van der Waals surface area contributed by atoms with E-state index in [1.165, 1.54) is 0 Å². The number of nitrogens with two attached hydrogens (primary N) is 1. The number of hydrogen-bond acceptors (Lipinski definition) is 7. The molecule has 0 aliphatic heterocycles. The molecule has 0 unspecified atom stereocenters. The van der Waals surface area contributed by atoms with Gasteiger partial charge in [0.1, 0.15) is 11.8 Å². The molecule has 6 rings (SSSR count). The van der Waals surface area contributed by atoms with Crippen molar-refractivity contribution in [2.24, 2.45) is 0 Å². The van der Waals surface area contributed by atoms with E-state index in [-0.39, 0.29) is 11.5 Å². The van der Waals surface area contributed by atoms with E-state index in [1.807, 2.05) is 66.7 Å². The van der Waals surface area contributed by atoms with Crippen LogP contribution in [0.15, 0.2) is 85.1 Å². The second-order valence-electron chi connectivity index (χ2n) is 8.99. The number of rotatable bonds is 5. The molecule has 3 heterocycles. The molecule has 2 aromatic carbocycles. The topological polar surface area (TPSA) is 130 Å². The van der Waals surface area contributed by atoms with Crippen LogP contribution in [0.1, 0.15) is 34.7 Å². The van der Waals surface area contributed by atoms with E-state index in [0.29, 0.717) is 35.6 Å². The maximum atomic E-state index is 13.5. The number of hydrogen-bond donors (Lipinski definition) is 2. The number of carbonyl (C=O) groups is 1. The van der Waals surface area contributed by atoms with Crippen molar-refractivity contribution in [3.63, 3.8) is 0 Å². The first-order chi connectivity index (χ1) is 18.1. The molecule has 5 aromatic rings. The summed E-state index contributed by atoms with van der Waals surface area (Å²) in [6.07, 6.45) is 3.17. The normalized spacial score (nSPS) is 13.6. The number of nitrogens with zero attached hydrogens (tertiary/aromatic N) is 5. The number of amides is 1. The van der Waals surface area contributed by atoms with Crippen LogP contribution in [0.4, 0.5) is 5.82 Å². The SMILES string of the molecule is N#Cc1cccc(C2(NC(=O)c3nc(-c4ccc5ncccc5c4)c(-c4ccccc4)nc3N)CC2)n1. The maximum absolute atomic E-state index is 13.5. The number of pyridine rings is 2.